The molecule has 6 heterocycles. The van der Waals surface area contributed by atoms with Crippen molar-refractivity contribution in [1.29, 1.82) is 0 Å². The van der Waals surface area contributed by atoms with E-state index < -0.39 is 40.6 Å². The van der Waals surface area contributed by atoms with E-state index in [-0.39, 0.29) is 53.3 Å². The minimum absolute atomic E-state index is 0.00794. The molecule has 5 aliphatic rings. The molecule has 3 aromatic heterocycles. The van der Waals surface area contributed by atoms with Crippen LogP contribution in [0.15, 0.2) is 30.7 Å². The zero-order valence-electron chi connectivity index (χ0n) is 32.4. The Balaban J connectivity index is 1.07. The first-order valence-electron chi connectivity index (χ1n) is 19.5. The van der Waals surface area contributed by atoms with Gasteiger partial charge in [-0.15, -0.1) is 0 Å². The number of nitrogens with one attached hydrogen (secondary N) is 2. The summed E-state index contributed by atoms with van der Waals surface area (Å²) < 4.78 is 66.4. The number of piperidine rings is 1. The Bertz CT molecular complexity index is 2300. The molecule has 0 unspecified atom stereocenters. The van der Waals surface area contributed by atoms with Crippen molar-refractivity contribution >= 4 is 40.0 Å². The Morgan fingerprint density at radius 3 is 2.48 bits per heavy atom. The van der Waals surface area contributed by atoms with Crippen LogP contribution in [0.1, 0.15) is 101 Å². The first-order valence-corrected chi connectivity index (χ1v) is 19.5. The van der Waals surface area contributed by atoms with Crippen LogP contribution < -0.4 is 15.5 Å². The zero-order chi connectivity index (χ0) is 39.6. The summed E-state index contributed by atoms with van der Waals surface area (Å²) in [5.41, 5.74) is -0.108. The second-order valence-corrected chi connectivity index (χ2v) is 17.5. The number of carbonyl (C=O) groups is 2. The van der Waals surface area contributed by atoms with Gasteiger partial charge in [-0.2, -0.15) is 0 Å². The van der Waals surface area contributed by atoms with Crippen molar-refractivity contribution in [1.82, 2.24) is 29.7 Å². The van der Waals surface area contributed by atoms with Gasteiger partial charge in [0, 0.05) is 53.1 Å². The number of carbonyl (C=O) groups excluding carboxylic acids is 2. The molecule has 2 N–H and O–H groups in total. The monoisotopic (exact) mass is 774 g/mol. The highest BCUT2D eigenvalue weighted by atomic mass is 19.3. The predicted octanol–water partition coefficient (Wildman–Crippen LogP) is 7.34. The van der Waals surface area contributed by atoms with E-state index in [1.165, 1.54) is 6.92 Å². The highest BCUT2D eigenvalue weighted by molar-refractivity contribution is 6.08. The number of benzene rings is 1. The lowest BCUT2D eigenvalue weighted by Gasteiger charge is -2.57. The van der Waals surface area contributed by atoms with E-state index in [9.17, 15) is 18.4 Å². The predicted molar refractivity (Wildman–Crippen MR) is 202 cm³/mol. The third-order valence-corrected chi connectivity index (χ3v) is 13.0. The summed E-state index contributed by atoms with van der Waals surface area (Å²) in [6.45, 7) is 12.9. The SMILES string of the molecule is Cc1c(C(=O)NC2(C(F)F)CC2)cc(Nc2nc(-c3cnc4c(c3)N([C@H]3C[C@@](C)(N5CC[C@H]6C[C@@H]5CO6)C3)C(=O)C4(C)C)cc3ncn(C(C)C)c23)c(F)c1F. The number of likely N-dealkylation sites (tertiary alicyclic amines) is 1. The maximum absolute atomic E-state index is 15.7. The van der Waals surface area contributed by atoms with E-state index in [1.807, 2.05) is 43.2 Å². The smallest absolute Gasteiger partial charge is 0.261 e. The maximum Gasteiger partial charge on any atom is 0.261 e. The number of pyridine rings is 2. The fourth-order valence-electron chi connectivity index (χ4n) is 9.47. The molecule has 0 radical (unpaired) electrons. The van der Waals surface area contributed by atoms with Crippen molar-refractivity contribution in [2.75, 3.05) is 23.4 Å². The largest absolute Gasteiger partial charge is 0.376 e. The van der Waals surface area contributed by atoms with E-state index >= 15 is 8.78 Å². The van der Waals surface area contributed by atoms with Crippen molar-refractivity contribution < 1.29 is 31.9 Å². The van der Waals surface area contributed by atoms with E-state index in [1.54, 1.807) is 18.6 Å². The molecule has 2 atom stereocenters. The average molecular weight is 775 g/mol. The first kappa shape index (κ1) is 37.0. The summed E-state index contributed by atoms with van der Waals surface area (Å²) in [4.78, 5) is 46.2. The molecule has 4 aromatic rings. The van der Waals surface area contributed by atoms with Gasteiger partial charge in [0.15, 0.2) is 17.5 Å². The molecule has 2 bridgehead atoms. The number of ether oxygens (including phenoxy) is 1. The lowest BCUT2D eigenvalue weighted by molar-refractivity contribution is -0.124. The minimum atomic E-state index is -2.80. The van der Waals surface area contributed by atoms with Gasteiger partial charge in [-0.25, -0.2) is 27.5 Å². The Morgan fingerprint density at radius 2 is 1.79 bits per heavy atom. The number of halogens is 4. The van der Waals surface area contributed by atoms with Gasteiger partial charge in [0.05, 0.1) is 52.7 Å². The second-order valence-electron chi connectivity index (χ2n) is 17.5. The number of hydrogen-bond acceptors (Lipinski definition) is 8. The molecule has 2 aliphatic carbocycles. The molecular formula is C41H46F4N8O3. The van der Waals surface area contributed by atoms with E-state index in [0.29, 0.717) is 40.1 Å². The summed E-state index contributed by atoms with van der Waals surface area (Å²) in [6, 6.07) is 5.13. The van der Waals surface area contributed by atoms with Crippen LogP contribution in [0.2, 0.25) is 0 Å². The van der Waals surface area contributed by atoms with Crippen molar-refractivity contribution in [2.24, 2.45) is 0 Å². The zero-order valence-corrected chi connectivity index (χ0v) is 32.4. The number of imidazole rings is 1. The standard InChI is InChI=1S/C41H46F4N8O3/c1-20(2)51-19-47-29-14-27(48-35(33(29)51)49-28-13-26(21(3)31(42)32(28)43)36(54)50-41(8-9-41)37(44)45)22-11-30-34(46-17-22)39(4,5)38(55)53(30)24-15-40(6,16-24)52-10-7-25-12-23(52)18-56-25/h11,13-14,17,19-20,23-25,37H,7-10,12,15-16,18H2,1-6H3,(H,48,49)(H,50,54)/t23-,24-,25+,40+/m1/s1. The topological polar surface area (TPSA) is 118 Å². The molecule has 296 valence electrons. The third kappa shape index (κ3) is 5.62. The number of rotatable bonds is 9. The quantitative estimate of drug-likeness (QED) is 0.170. The highest BCUT2D eigenvalue weighted by Gasteiger charge is 2.57. The van der Waals surface area contributed by atoms with Gasteiger partial charge in [0.25, 0.3) is 12.3 Å². The fraction of sp³-hybridized carbons (Fsp3) is 0.537. The first-order chi connectivity index (χ1) is 26.5. The van der Waals surface area contributed by atoms with Crippen LogP contribution >= 0.6 is 0 Å². The molecule has 56 heavy (non-hydrogen) atoms. The van der Waals surface area contributed by atoms with Gasteiger partial charge in [-0.05, 0) is 98.3 Å². The van der Waals surface area contributed by atoms with Crippen LogP contribution in [0.25, 0.3) is 22.3 Å². The Hall–Kier alpha value is -4.63. The van der Waals surface area contributed by atoms with E-state index in [2.05, 4.69) is 27.4 Å². The van der Waals surface area contributed by atoms with E-state index in [0.717, 1.165) is 50.6 Å². The molecule has 15 heteroatoms. The number of hydrogen-bond donors (Lipinski definition) is 2. The highest BCUT2D eigenvalue weighted by Crippen LogP contribution is 2.51. The molecule has 2 saturated heterocycles. The number of fused-ring (bicyclic) bond motifs is 4. The van der Waals surface area contributed by atoms with Crippen molar-refractivity contribution in [2.45, 2.75) is 127 Å². The molecule has 4 fully saturated rings. The Morgan fingerprint density at radius 1 is 1.04 bits per heavy atom. The molecular weight excluding hydrogens is 728 g/mol. The molecule has 3 aliphatic heterocycles. The maximum atomic E-state index is 15.7. The van der Waals surface area contributed by atoms with Crippen LogP contribution in [0.3, 0.4) is 0 Å². The summed E-state index contributed by atoms with van der Waals surface area (Å²) in [7, 11) is 0. The van der Waals surface area contributed by atoms with Crippen molar-refractivity contribution in [3.63, 3.8) is 0 Å². The van der Waals surface area contributed by atoms with Crippen molar-refractivity contribution in [3.8, 4) is 11.3 Å². The average Bonchev–Trinajstić information content (AvgIpc) is 3.57. The lowest BCUT2D eigenvalue weighted by atomic mass is 9.70. The van der Waals surface area contributed by atoms with Gasteiger partial charge in [0.1, 0.15) is 11.1 Å². The van der Waals surface area contributed by atoms with Crippen LogP contribution in [-0.4, -0.2) is 85.1 Å². The molecule has 2 amide bonds. The summed E-state index contributed by atoms with van der Waals surface area (Å²) >= 11 is 0. The number of alkyl halides is 2. The minimum Gasteiger partial charge on any atom is -0.376 e. The van der Waals surface area contributed by atoms with Gasteiger partial charge in [-0.3, -0.25) is 19.5 Å². The number of nitrogens with zero attached hydrogens (tertiary/aromatic N) is 6. The molecule has 9 rings (SSSR count). The van der Waals surface area contributed by atoms with Crippen LogP contribution in [0, 0.1) is 18.6 Å². The Labute approximate surface area is 322 Å². The van der Waals surface area contributed by atoms with Crippen molar-refractivity contribution in [3.05, 3.63) is 59.2 Å². The summed E-state index contributed by atoms with van der Waals surface area (Å²) in [5, 5.41) is 5.27. The van der Waals surface area contributed by atoms with Crippen LogP contribution in [-0.2, 0) is 14.9 Å². The third-order valence-electron chi connectivity index (χ3n) is 13.0. The van der Waals surface area contributed by atoms with E-state index in [4.69, 9.17) is 14.7 Å². The van der Waals surface area contributed by atoms with Crippen LogP contribution in [0.4, 0.5) is 34.8 Å². The second kappa shape index (κ2) is 12.7. The Kier molecular flexibility index (Phi) is 8.38. The number of amides is 2. The molecule has 11 nitrogen and oxygen atoms in total. The molecule has 0 spiro atoms. The fourth-order valence-corrected chi connectivity index (χ4v) is 9.47. The number of anilines is 3. The molecule has 2 saturated carbocycles. The summed E-state index contributed by atoms with van der Waals surface area (Å²) in [5.74, 6) is -3.33. The van der Waals surface area contributed by atoms with Crippen LogP contribution in [0.5, 0.6) is 0 Å². The van der Waals surface area contributed by atoms with Gasteiger partial charge < -0.3 is 24.8 Å². The molecule has 1 aromatic carbocycles. The van der Waals surface area contributed by atoms with Gasteiger partial charge in [0.2, 0.25) is 5.91 Å². The summed E-state index contributed by atoms with van der Waals surface area (Å²) in [6.07, 6.45) is 4.77. The van der Waals surface area contributed by atoms with Gasteiger partial charge >= 0.3 is 0 Å². The normalized spacial score (nSPS) is 26.2. The number of aromatic nitrogens is 4. The van der Waals surface area contributed by atoms with Gasteiger partial charge in [-0.1, -0.05) is 0 Å². The lowest BCUT2D eigenvalue weighted by Crippen LogP contribution is -2.66.